The van der Waals surface area contributed by atoms with Crippen molar-refractivity contribution in [1.82, 2.24) is 4.31 Å². The summed E-state index contributed by atoms with van der Waals surface area (Å²) in [6.07, 6.45) is 1.75. The van der Waals surface area contributed by atoms with Gasteiger partial charge in [0.2, 0.25) is 15.9 Å². The largest absolute Gasteiger partial charge is 0.325 e. The Labute approximate surface area is 173 Å². The first kappa shape index (κ1) is 21.3. The third-order valence-electron chi connectivity index (χ3n) is 4.55. The van der Waals surface area contributed by atoms with E-state index in [0.29, 0.717) is 18.8 Å². The average molecular weight is 436 g/mol. The maximum Gasteiger partial charge on any atom is 0.269 e. The number of carbonyl (C=O) groups is 1. The quantitative estimate of drug-likeness (QED) is 0.405. The van der Waals surface area contributed by atoms with Crippen molar-refractivity contribution >= 4 is 39.1 Å². The van der Waals surface area contributed by atoms with E-state index < -0.39 is 20.2 Å². The zero-order chi connectivity index (χ0) is 21.0. The van der Waals surface area contributed by atoms with Crippen LogP contribution in [-0.4, -0.2) is 41.9 Å². The number of carbonyl (C=O) groups excluding carboxylic acids is 1. The van der Waals surface area contributed by atoms with E-state index in [9.17, 15) is 23.3 Å². The van der Waals surface area contributed by atoms with Gasteiger partial charge in [-0.15, -0.1) is 11.8 Å². The summed E-state index contributed by atoms with van der Waals surface area (Å²) in [4.78, 5) is 23.6. The van der Waals surface area contributed by atoms with Gasteiger partial charge in [-0.3, -0.25) is 14.9 Å². The van der Waals surface area contributed by atoms with Gasteiger partial charge < -0.3 is 5.32 Å². The van der Waals surface area contributed by atoms with Crippen LogP contribution in [0, 0.1) is 10.1 Å². The van der Waals surface area contributed by atoms with Gasteiger partial charge in [0.1, 0.15) is 0 Å². The minimum absolute atomic E-state index is 0.00423. The van der Waals surface area contributed by atoms with Gasteiger partial charge in [-0.2, -0.15) is 4.31 Å². The van der Waals surface area contributed by atoms with E-state index in [-0.39, 0.29) is 16.5 Å². The molecule has 29 heavy (non-hydrogen) atoms. The van der Waals surface area contributed by atoms with Crippen molar-refractivity contribution in [3.8, 4) is 0 Å². The second kappa shape index (κ2) is 8.93. The summed E-state index contributed by atoms with van der Waals surface area (Å²) in [5.41, 5.74) is 0.502. The lowest BCUT2D eigenvalue weighted by atomic mass is 10.3. The average Bonchev–Trinajstić information content (AvgIpc) is 3.24. The molecule has 154 valence electrons. The smallest absolute Gasteiger partial charge is 0.269 e. The first-order valence-corrected chi connectivity index (χ1v) is 11.4. The fraction of sp³-hybridized carbons (Fsp3) is 0.316. The molecule has 2 aromatic rings. The van der Waals surface area contributed by atoms with E-state index in [2.05, 4.69) is 5.32 Å². The molecule has 2 aromatic carbocycles. The highest BCUT2D eigenvalue weighted by Crippen LogP contribution is 2.27. The SMILES string of the molecule is CC(Sc1ccc([N+](=O)[O-])cc1)C(=O)Nc1ccc(S(=O)(=O)N2CCCC2)cc1. The zero-order valence-electron chi connectivity index (χ0n) is 15.8. The van der Waals surface area contributed by atoms with Crippen LogP contribution >= 0.6 is 11.8 Å². The molecule has 1 aliphatic heterocycles. The minimum Gasteiger partial charge on any atom is -0.325 e. The minimum atomic E-state index is -3.48. The van der Waals surface area contributed by atoms with Gasteiger partial charge in [0.25, 0.3) is 5.69 Å². The van der Waals surface area contributed by atoms with Crippen LogP contribution in [0.4, 0.5) is 11.4 Å². The van der Waals surface area contributed by atoms with Crippen molar-refractivity contribution in [1.29, 1.82) is 0 Å². The van der Waals surface area contributed by atoms with Crippen molar-refractivity contribution in [3.05, 3.63) is 58.6 Å². The second-order valence-electron chi connectivity index (χ2n) is 6.64. The summed E-state index contributed by atoms with van der Waals surface area (Å²) in [5, 5.41) is 13.0. The van der Waals surface area contributed by atoms with E-state index in [0.717, 1.165) is 17.7 Å². The molecule has 1 fully saturated rings. The van der Waals surface area contributed by atoms with E-state index in [4.69, 9.17) is 0 Å². The van der Waals surface area contributed by atoms with Crippen LogP contribution in [0.3, 0.4) is 0 Å². The molecule has 1 saturated heterocycles. The first-order valence-electron chi connectivity index (χ1n) is 9.09. The van der Waals surface area contributed by atoms with Crippen LogP contribution in [0.5, 0.6) is 0 Å². The number of rotatable bonds is 7. The van der Waals surface area contributed by atoms with Crippen molar-refractivity contribution < 1.29 is 18.1 Å². The second-order valence-corrected chi connectivity index (χ2v) is 9.99. The number of thioether (sulfide) groups is 1. The Hall–Kier alpha value is -2.43. The third-order valence-corrected chi connectivity index (χ3v) is 7.58. The third kappa shape index (κ3) is 5.14. The Balaban J connectivity index is 1.60. The van der Waals surface area contributed by atoms with E-state index >= 15 is 0 Å². The van der Waals surface area contributed by atoms with Gasteiger partial charge in [0, 0.05) is 35.8 Å². The van der Waals surface area contributed by atoms with Crippen molar-refractivity contribution in [3.63, 3.8) is 0 Å². The number of hydrogen-bond acceptors (Lipinski definition) is 6. The number of hydrogen-bond donors (Lipinski definition) is 1. The number of non-ortho nitro benzene ring substituents is 1. The number of amides is 1. The molecular weight excluding hydrogens is 414 g/mol. The molecule has 1 heterocycles. The molecule has 1 aliphatic rings. The molecular formula is C19H21N3O5S2. The van der Waals surface area contributed by atoms with Gasteiger partial charge in [0.05, 0.1) is 15.1 Å². The lowest BCUT2D eigenvalue weighted by molar-refractivity contribution is -0.384. The summed E-state index contributed by atoms with van der Waals surface area (Å²) in [6, 6.07) is 12.1. The van der Waals surface area contributed by atoms with Crippen molar-refractivity contribution in [2.45, 2.75) is 34.8 Å². The zero-order valence-corrected chi connectivity index (χ0v) is 17.4. The molecule has 3 rings (SSSR count). The monoisotopic (exact) mass is 435 g/mol. The highest BCUT2D eigenvalue weighted by Gasteiger charge is 2.27. The number of benzene rings is 2. The van der Waals surface area contributed by atoms with Crippen LogP contribution in [0.15, 0.2) is 58.3 Å². The number of nitrogens with one attached hydrogen (secondary N) is 1. The molecule has 0 bridgehead atoms. The van der Waals surface area contributed by atoms with Crippen LogP contribution in [0.2, 0.25) is 0 Å². The highest BCUT2D eigenvalue weighted by atomic mass is 32.2. The summed E-state index contributed by atoms with van der Waals surface area (Å²) in [5.74, 6) is -0.247. The summed E-state index contributed by atoms with van der Waals surface area (Å²) in [6.45, 7) is 2.81. The highest BCUT2D eigenvalue weighted by molar-refractivity contribution is 8.00. The molecule has 1 unspecified atom stereocenters. The molecule has 10 heteroatoms. The summed E-state index contributed by atoms with van der Waals surface area (Å²) in [7, 11) is -3.48. The fourth-order valence-electron chi connectivity index (χ4n) is 2.94. The molecule has 1 N–H and O–H groups in total. The lowest BCUT2D eigenvalue weighted by Crippen LogP contribution is -2.27. The van der Waals surface area contributed by atoms with Gasteiger partial charge in [0.15, 0.2) is 0 Å². The van der Waals surface area contributed by atoms with E-state index in [1.165, 1.54) is 40.3 Å². The van der Waals surface area contributed by atoms with Gasteiger partial charge in [-0.05, 0) is 56.2 Å². The van der Waals surface area contributed by atoms with Crippen LogP contribution in [0.25, 0.3) is 0 Å². The summed E-state index contributed by atoms with van der Waals surface area (Å²) < 4.78 is 26.6. The molecule has 0 radical (unpaired) electrons. The first-order chi connectivity index (χ1) is 13.8. The van der Waals surface area contributed by atoms with E-state index in [1.54, 1.807) is 31.2 Å². The van der Waals surface area contributed by atoms with Crippen LogP contribution < -0.4 is 5.32 Å². The van der Waals surface area contributed by atoms with Crippen molar-refractivity contribution in [2.75, 3.05) is 18.4 Å². The molecule has 0 spiro atoms. The Morgan fingerprint density at radius 3 is 2.24 bits per heavy atom. The van der Waals surface area contributed by atoms with Crippen LogP contribution in [0.1, 0.15) is 19.8 Å². The maximum absolute atomic E-state index is 12.5. The number of nitro groups is 1. The standard InChI is InChI=1S/C19H21N3O5S2/c1-14(28-17-8-6-16(7-9-17)22(24)25)19(23)20-15-4-10-18(11-5-15)29(26,27)21-12-2-3-13-21/h4-11,14H,2-3,12-13H2,1H3,(H,20,23). The maximum atomic E-state index is 12.5. The topological polar surface area (TPSA) is 110 Å². The Morgan fingerprint density at radius 2 is 1.69 bits per heavy atom. The number of anilines is 1. The predicted molar refractivity (Wildman–Crippen MR) is 111 cm³/mol. The summed E-state index contributed by atoms with van der Waals surface area (Å²) >= 11 is 1.28. The number of nitro benzene ring substituents is 1. The number of nitrogens with zero attached hydrogens (tertiary/aromatic N) is 2. The molecule has 1 atom stereocenters. The number of sulfonamides is 1. The Morgan fingerprint density at radius 1 is 1.10 bits per heavy atom. The Bertz CT molecular complexity index is 986. The van der Waals surface area contributed by atoms with Crippen molar-refractivity contribution in [2.24, 2.45) is 0 Å². The van der Waals surface area contributed by atoms with E-state index in [1.807, 2.05) is 0 Å². The van der Waals surface area contributed by atoms with Gasteiger partial charge >= 0.3 is 0 Å². The van der Waals surface area contributed by atoms with Gasteiger partial charge in [-0.25, -0.2) is 8.42 Å². The fourth-order valence-corrected chi connectivity index (χ4v) is 5.32. The molecule has 1 amide bonds. The molecule has 0 aliphatic carbocycles. The molecule has 8 nitrogen and oxygen atoms in total. The normalized spacial score (nSPS) is 15.8. The van der Waals surface area contributed by atoms with Crippen LogP contribution in [-0.2, 0) is 14.8 Å². The Kier molecular flexibility index (Phi) is 6.56. The lowest BCUT2D eigenvalue weighted by Gasteiger charge is -2.16. The van der Waals surface area contributed by atoms with Gasteiger partial charge in [-0.1, -0.05) is 0 Å². The predicted octanol–water partition coefficient (Wildman–Crippen LogP) is 3.50. The molecule has 0 aromatic heterocycles. The molecule has 0 saturated carbocycles.